The van der Waals surface area contributed by atoms with Crippen molar-refractivity contribution in [1.29, 1.82) is 0 Å². The summed E-state index contributed by atoms with van der Waals surface area (Å²) >= 11 is 9.63. The number of hydrogen-bond acceptors (Lipinski definition) is 5. The Morgan fingerprint density at radius 2 is 1.30 bits per heavy atom. The summed E-state index contributed by atoms with van der Waals surface area (Å²) in [7, 11) is 3.91. The average molecular weight is 470 g/mol. The molecule has 0 bridgehead atoms. The van der Waals surface area contributed by atoms with E-state index in [4.69, 9.17) is 17.3 Å². The minimum absolute atomic E-state index is 0.601. The zero-order chi connectivity index (χ0) is 21.3. The quantitative estimate of drug-likeness (QED) is 0.494. The number of nitrogens with zero attached hydrogens (tertiary/aromatic N) is 4. The molecule has 168 valence electrons. The molecule has 2 aliphatic carbocycles. The lowest BCUT2D eigenvalue weighted by Gasteiger charge is -2.20. The van der Waals surface area contributed by atoms with Crippen LogP contribution < -0.4 is 5.73 Å². The van der Waals surface area contributed by atoms with Crippen LogP contribution in [0.15, 0.2) is 22.2 Å². The van der Waals surface area contributed by atoms with Gasteiger partial charge in [-0.2, -0.15) is 10.2 Å². The highest BCUT2D eigenvalue weighted by Gasteiger charge is 2.15. The second kappa shape index (κ2) is 12.3. The standard InChI is InChI=1S/C11H17ClN2S.C11H19N3S/c2*1-14-11(7-10(12)13-14)15-8-9-5-3-2-4-6-9/h7,9H,2-6,8H2,1H3;7,9H,2-6,8H2,1H3,(H2,12,13). The van der Waals surface area contributed by atoms with Crippen molar-refractivity contribution in [3.05, 3.63) is 17.3 Å². The second-order valence-electron chi connectivity index (χ2n) is 8.59. The Kier molecular flexibility index (Phi) is 9.78. The fourth-order valence-corrected chi connectivity index (χ4v) is 6.89. The fraction of sp³-hybridized carbons (Fsp3) is 0.727. The van der Waals surface area contributed by atoms with E-state index < -0.39 is 0 Å². The van der Waals surface area contributed by atoms with Crippen molar-refractivity contribution in [2.75, 3.05) is 17.2 Å². The van der Waals surface area contributed by atoms with Gasteiger partial charge < -0.3 is 5.73 Å². The summed E-state index contributed by atoms with van der Waals surface area (Å²) in [4.78, 5) is 0. The molecular weight excluding hydrogens is 434 g/mol. The molecule has 8 heteroatoms. The molecule has 0 saturated heterocycles. The van der Waals surface area contributed by atoms with Crippen LogP contribution in [-0.4, -0.2) is 31.1 Å². The molecule has 0 amide bonds. The van der Waals surface area contributed by atoms with Crippen LogP contribution in [0, 0.1) is 11.8 Å². The van der Waals surface area contributed by atoms with Crippen molar-refractivity contribution >= 4 is 40.9 Å². The zero-order valence-corrected chi connectivity index (χ0v) is 20.7. The minimum atomic E-state index is 0.601. The predicted octanol–water partition coefficient (Wildman–Crippen LogP) is 6.42. The van der Waals surface area contributed by atoms with Crippen molar-refractivity contribution < 1.29 is 0 Å². The molecular formula is C22H36ClN5S2. The molecule has 30 heavy (non-hydrogen) atoms. The summed E-state index contributed by atoms with van der Waals surface area (Å²) in [5.41, 5.74) is 5.64. The van der Waals surface area contributed by atoms with Crippen molar-refractivity contribution in [3.8, 4) is 0 Å². The average Bonchev–Trinajstić information content (AvgIpc) is 3.25. The third-order valence-corrected chi connectivity index (χ3v) is 8.86. The molecule has 4 rings (SSSR count). The van der Waals surface area contributed by atoms with E-state index in [0.29, 0.717) is 11.0 Å². The number of rotatable bonds is 6. The lowest BCUT2D eigenvalue weighted by Crippen LogP contribution is -2.09. The smallest absolute Gasteiger partial charge is 0.152 e. The van der Waals surface area contributed by atoms with E-state index in [2.05, 4.69) is 10.2 Å². The first kappa shape index (κ1) is 23.9. The summed E-state index contributed by atoms with van der Waals surface area (Å²) in [6.45, 7) is 0. The number of aryl methyl sites for hydroxylation is 2. The molecule has 5 nitrogen and oxygen atoms in total. The SMILES string of the molecule is Cn1nc(Cl)cc1SCC1CCCCC1.Cn1nc(N)cc1SCC1CCCCC1. The number of halogens is 1. The molecule has 2 aliphatic rings. The number of thioether (sulfide) groups is 2. The van der Waals surface area contributed by atoms with E-state index in [1.54, 1.807) is 0 Å². The van der Waals surface area contributed by atoms with Gasteiger partial charge in [0.15, 0.2) is 5.15 Å². The van der Waals surface area contributed by atoms with Gasteiger partial charge in [0.1, 0.15) is 5.82 Å². The van der Waals surface area contributed by atoms with E-state index in [1.165, 1.54) is 85.8 Å². The number of nitrogens with two attached hydrogens (primary N) is 1. The van der Waals surface area contributed by atoms with Gasteiger partial charge in [0.25, 0.3) is 0 Å². The monoisotopic (exact) mass is 469 g/mol. The van der Waals surface area contributed by atoms with Crippen LogP contribution in [0.1, 0.15) is 64.2 Å². The summed E-state index contributed by atoms with van der Waals surface area (Å²) < 4.78 is 3.75. The molecule has 0 spiro atoms. The van der Waals surface area contributed by atoms with Crippen LogP contribution in [0.3, 0.4) is 0 Å². The van der Waals surface area contributed by atoms with E-state index in [1.807, 2.05) is 59.1 Å². The van der Waals surface area contributed by atoms with Gasteiger partial charge in [0.05, 0.1) is 10.1 Å². The van der Waals surface area contributed by atoms with Crippen molar-refractivity contribution in [3.63, 3.8) is 0 Å². The molecule has 0 radical (unpaired) electrons. The first-order chi connectivity index (χ1) is 14.5. The van der Waals surface area contributed by atoms with Crippen molar-refractivity contribution in [2.45, 2.75) is 74.3 Å². The largest absolute Gasteiger partial charge is 0.382 e. The summed E-state index contributed by atoms with van der Waals surface area (Å²) in [5, 5.41) is 11.3. The Balaban J connectivity index is 0.000000171. The zero-order valence-electron chi connectivity index (χ0n) is 18.4. The van der Waals surface area contributed by atoms with Gasteiger partial charge in [-0.1, -0.05) is 50.1 Å². The van der Waals surface area contributed by atoms with Crippen LogP contribution in [0.25, 0.3) is 0 Å². The fourth-order valence-electron chi connectivity index (χ4n) is 4.27. The normalized spacial score (nSPS) is 18.2. The Labute approximate surface area is 194 Å². The second-order valence-corrected chi connectivity index (χ2v) is 11.1. The molecule has 2 heterocycles. The third-order valence-electron chi connectivity index (χ3n) is 6.05. The van der Waals surface area contributed by atoms with Gasteiger partial charge in [-0.25, -0.2) is 0 Å². The van der Waals surface area contributed by atoms with Gasteiger partial charge in [0, 0.05) is 37.7 Å². The first-order valence-corrected chi connectivity index (χ1v) is 13.6. The molecule has 2 aromatic heterocycles. The Morgan fingerprint density at radius 1 is 0.833 bits per heavy atom. The topological polar surface area (TPSA) is 61.7 Å². The molecule has 2 aromatic rings. The predicted molar refractivity (Wildman–Crippen MR) is 130 cm³/mol. The minimum Gasteiger partial charge on any atom is -0.382 e. The molecule has 0 atom stereocenters. The van der Waals surface area contributed by atoms with E-state index in [9.17, 15) is 0 Å². The van der Waals surface area contributed by atoms with Gasteiger partial charge >= 0.3 is 0 Å². The Hall–Kier alpha value is -0.790. The van der Waals surface area contributed by atoms with Gasteiger partial charge in [-0.15, -0.1) is 23.5 Å². The van der Waals surface area contributed by atoms with Crippen LogP contribution >= 0.6 is 35.1 Å². The van der Waals surface area contributed by atoms with E-state index in [-0.39, 0.29) is 0 Å². The molecule has 2 fully saturated rings. The highest BCUT2D eigenvalue weighted by molar-refractivity contribution is 7.99. The third kappa shape index (κ3) is 7.72. The Bertz CT molecular complexity index is 699. The van der Waals surface area contributed by atoms with Gasteiger partial charge in [-0.3, -0.25) is 9.36 Å². The maximum atomic E-state index is 5.84. The van der Waals surface area contributed by atoms with Gasteiger partial charge in [-0.05, 0) is 37.5 Å². The molecule has 2 saturated carbocycles. The first-order valence-electron chi connectivity index (χ1n) is 11.3. The molecule has 0 aliphatic heterocycles. The number of anilines is 1. The number of nitrogen functional groups attached to an aromatic ring is 1. The van der Waals surface area contributed by atoms with Crippen molar-refractivity contribution in [2.24, 2.45) is 25.9 Å². The van der Waals surface area contributed by atoms with Crippen LogP contribution in [0.2, 0.25) is 5.15 Å². The highest BCUT2D eigenvalue weighted by atomic mass is 35.5. The number of aromatic nitrogens is 4. The molecule has 0 aromatic carbocycles. The van der Waals surface area contributed by atoms with Crippen LogP contribution in [0.5, 0.6) is 0 Å². The summed E-state index contributed by atoms with van der Waals surface area (Å²) in [6.07, 6.45) is 14.1. The van der Waals surface area contributed by atoms with Crippen LogP contribution in [0.4, 0.5) is 5.82 Å². The van der Waals surface area contributed by atoms with Crippen molar-refractivity contribution in [1.82, 2.24) is 19.6 Å². The molecule has 0 unspecified atom stereocenters. The summed E-state index contributed by atoms with van der Waals surface area (Å²) in [6, 6.07) is 3.92. The molecule has 2 N–H and O–H groups in total. The Morgan fingerprint density at radius 3 is 1.70 bits per heavy atom. The summed E-state index contributed by atoms with van der Waals surface area (Å²) in [5.74, 6) is 4.87. The lowest BCUT2D eigenvalue weighted by molar-refractivity contribution is 0.390. The van der Waals surface area contributed by atoms with E-state index in [0.717, 1.165) is 11.8 Å². The maximum absolute atomic E-state index is 5.84. The van der Waals surface area contributed by atoms with Gasteiger partial charge in [0.2, 0.25) is 0 Å². The number of hydrogen-bond donors (Lipinski definition) is 1. The van der Waals surface area contributed by atoms with E-state index >= 15 is 0 Å². The lowest BCUT2D eigenvalue weighted by atomic mass is 9.91. The maximum Gasteiger partial charge on any atom is 0.152 e. The highest BCUT2D eigenvalue weighted by Crippen LogP contribution is 2.31. The van der Waals surface area contributed by atoms with Crippen LogP contribution in [-0.2, 0) is 14.1 Å².